The maximum absolute atomic E-state index is 7.42. The summed E-state index contributed by atoms with van der Waals surface area (Å²) in [5.41, 5.74) is 0. The molecule has 0 atom stereocenters. The van der Waals surface area contributed by atoms with Crippen LogP contribution in [0.2, 0.25) is 0 Å². The fourth-order valence-corrected chi connectivity index (χ4v) is 6.97. The van der Waals surface area contributed by atoms with Gasteiger partial charge in [-0.05, 0) is 52.0 Å². The van der Waals surface area contributed by atoms with Gasteiger partial charge < -0.3 is 14.2 Å². The highest BCUT2D eigenvalue weighted by Crippen LogP contribution is 2.18. The summed E-state index contributed by atoms with van der Waals surface area (Å²) in [6.45, 7) is 0. The Hall–Kier alpha value is -2.43. The van der Waals surface area contributed by atoms with Crippen LogP contribution in [0, 0.1) is 0 Å². The Morgan fingerprint density at radius 2 is 0.731 bits per heavy atom. The van der Waals surface area contributed by atoms with Crippen molar-refractivity contribution in [2.75, 3.05) is 21.3 Å². The highest BCUT2D eigenvalue weighted by atomic mass is 35.6. The lowest BCUT2D eigenvalue weighted by molar-refractivity contribution is 0.415. The molecule has 3 aromatic carbocycles. The molecule has 0 amide bonds. The molecule has 0 unspecified atom stereocenters. The number of hydrogen-bond acceptors (Lipinski definition) is 3. The van der Waals surface area contributed by atoms with Crippen LogP contribution in [0.25, 0.3) is 0 Å². The van der Waals surface area contributed by atoms with Gasteiger partial charge in [0.2, 0.25) is 7.38 Å². The molecule has 3 rings (SSSR count). The van der Waals surface area contributed by atoms with Gasteiger partial charge in [0.15, 0.2) is 0 Å². The topological polar surface area (TPSA) is 27.7 Å². The fraction of sp³-hybridized carbons (Fsp3) is 0.143. The first-order valence-corrected chi connectivity index (χ1v) is 11.3. The number of hydrogen-bond donors (Lipinski definition) is 0. The van der Waals surface area contributed by atoms with Crippen molar-refractivity contribution in [1.82, 2.24) is 0 Å². The Kier molecular flexibility index (Phi) is 5.54. The zero-order valence-corrected chi connectivity index (χ0v) is 16.8. The molecule has 5 heteroatoms. The SMILES string of the molecule is COc1ccc([Si](Cl)(c2ccc(OC)cc2)c2ccc(OC)cc2)cc1. The molecule has 0 aromatic heterocycles. The van der Waals surface area contributed by atoms with Crippen molar-refractivity contribution in [3.05, 3.63) is 72.8 Å². The minimum absolute atomic E-state index is 0.811. The molecule has 0 N–H and O–H groups in total. The zero-order valence-electron chi connectivity index (χ0n) is 15.0. The number of halogens is 1. The van der Waals surface area contributed by atoms with E-state index in [4.69, 9.17) is 25.3 Å². The molecule has 3 nitrogen and oxygen atoms in total. The molecule has 0 heterocycles. The first-order chi connectivity index (χ1) is 12.6. The van der Waals surface area contributed by atoms with Gasteiger partial charge in [0.05, 0.1) is 21.3 Å². The summed E-state index contributed by atoms with van der Waals surface area (Å²) >= 11 is 7.42. The maximum Gasteiger partial charge on any atom is 0.247 e. The van der Waals surface area contributed by atoms with Gasteiger partial charge >= 0.3 is 0 Å². The molecule has 0 aliphatic rings. The minimum Gasteiger partial charge on any atom is -0.497 e. The lowest BCUT2D eigenvalue weighted by Gasteiger charge is -2.27. The van der Waals surface area contributed by atoms with Gasteiger partial charge in [-0.2, -0.15) is 0 Å². The Labute approximate surface area is 159 Å². The molecule has 26 heavy (non-hydrogen) atoms. The second kappa shape index (κ2) is 7.85. The molecule has 0 saturated heterocycles. The van der Waals surface area contributed by atoms with Gasteiger partial charge in [0.1, 0.15) is 17.2 Å². The van der Waals surface area contributed by atoms with Crippen LogP contribution in [0.4, 0.5) is 0 Å². The van der Waals surface area contributed by atoms with E-state index in [1.165, 1.54) is 0 Å². The van der Waals surface area contributed by atoms with E-state index in [1.807, 2.05) is 72.8 Å². The van der Waals surface area contributed by atoms with Crippen LogP contribution in [0.3, 0.4) is 0 Å². The van der Waals surface area contributed by atoms with Gasteiger partial charge in [-0.15, -0.1) is 11.1 Å². The summed E-state index contributed by atoms with van der Waals surface area (Å²) in [5, 5.41) is 3.28. The van der Waals surface area contributed by atoms with E-state index < -0.39 is 7.38 Å². The maximum atomic E-state index is 7.42. The Morgan fingerprint density at radius 1 is 0.500 bits per heavy atom. The normalized spacial score (nSPS) is 11.1. The van der Waals surface area contributed by atoms with Gasteiger partial charge in [-0.1, -0.05) is 36.4 Å². The number of ether oxygens (including phenoxy) is 3. The van der Waals surface area contributed by atoms with Gasteiger partial charge in [0.25, 0.3) is 0 Å². The van der Waals surface area contributed by atoms with Gasteiger partial charge in [-0.3, -0.25) is 0 Å². The highest BCUT2D eigenvalue weighted by Gasteiger charge is 2.38. The molecule has 0 saturated carbocycles. The van der Waals surface area contributed by atoms with E-state index in [1.54, 1.807) is 21.3 Å². The predicted molar refractivity (Wildman–Crippen MR) is 109 cm³/mol. The lowest BCUT2D eigenvalue weighted by Crippen LogP contribution is -2.62. The summed E-state index contributed by atoms with van der Waals surface area (Å²) in [7, 11) is 2.30. The second-order valence-electron chi connectivity index (χ2n) is 5.84. The van der Waals surface area contributed by atoms with Crippen LogP contribution < -0.4 is 29.8 Å². The van der Waals surface area contributed by atoms with Crippen LogP contribution in [0.1, 0.15) is 0 Å². The fourth-order valence-electron chi connectivity index (χ4n) is 2.96. The Morgan fingerprint density at radius 3 is 0.923 bits per heavy atom. The van der Waals surface area contributed by atoms with Crippen molar-refractivity contribution in [3.63, 3.8) is 0 Å². The van der Waals surface area contributed by atoms with Crippen LogP contribution in [0.15, 0.2) is 72.8 Å². The third-order valence-corrected chi connectivity index (χ3v) is 9.81. The molecule has 0 aliphatic carbocycles. The molecular weight excluding hydrogens is 364 g/mol. The summed E-state index contributed by atoms with van der Waals surface area (Å²) in [6.07, 6.45) is 0. The van der Waals surface area contributed by atoms with E-state index in [-0.39, 0.29) is 0 Å². The second-order valence-corrected chi connectivity index (χ2v) is 10.6. The number of rotatable bonds is 6. The third kappa shape index (κ3) is 3.43. The highest BCUT2D eigenvalue weighted by molar-refractivity contribution is 7.40. The van der Waals surface area contributed by atoms with Crippen molar-refractivity contribution in [2.24, 2.45) is 0 Å². The molecule has 0 fully saturated rings. The minimum atomic E-state index is -2.68. The van der Waals surface area contributed by atoms with E-state index in [0.29, 0.717) is 0 Å². The van der Waals surface area contributed by atoms with Crippen LogP contribution in [-0.4, -0.2) is 28.7 Å². The quantitative estimate of drug-likeness (QED) is 0.371. The molecule has 0 radical (unpaired) electrons. The molecule has 0 bridgehead atoms. The molecule has 3 aromatic rings. The van der Waals surface area contributed by atoms with Crippen molar-refractivity contribution >= 4 is 34.0 Å². The summed E-state index contributed by atoms with van der Waals surface area (Å²) in [6, 6.07) is 24.0. The number of benzene rings is 3. The average molecular weight is 385 g/mol. The molecule has 134 valence electrons. The monoisotopic (exact) mass is 384 g/mol. The van der Waals surface area contributed by atoms with Crippen LogP contribution in [0.5, 0.6) is 17.2 Å². The van der Waals surface area contributed by atoms with Gasteiger partial charge in [-0.25, -0.2) is 0 Å². The van der Waals surface area contributed by atoms with Crippen molar-refractivity contribution in [1.29, 1.82) is 0 Å². The third-order valence-electron chi connectivity index (χ3n) is 4.46. The van der Waals surface area contributed by atoms with E-state index in [9.17, 15) is 0 Å². The molecular formula is C21H21ClO3Si. The zero-order chi connectivity index (χ0) is 18.6. The summed E-state index contributed by atoms with van der Waals surface area (Å²) < 4.78 is 15.9. The Balaban J connectivity index is 2.15. The predicted octanol–water partition coefficient (Wildman–Crippen LogP) is 2.92. The van der Waals surface area contributed by atoms with E-state index >= 15 is 0 Å². The summed E-state index contributed by atoms with van der Waals surface area (Å²) in [5.74, 6) is 2.43. The van der Waals surface area contributed by atoms with Crippen molar-refractivity contribution in [3.8, 4) is 17.2 Å². The van der Waals surface area contributed by atoms with Crippen molar-refractivity contribution in [2.45, 2.75) is 0 Å². The van der Waals surface area contributed by atoms with Crippen LogP contribution in [-0.2, 0) is 0 Å². The lowest BCUT2D eigenvalue weighted by atomic mass is 10.3. The van der Waals surface area contributed by atoms with E-state index in [2.05, 4.69) is 0 Å². The molecule has 0 aliphatic heterocycles. The van der Waals surface area contributed by atoms with Gasteiger partial charge in [0, 0.05) is 0 Å². The average Bonchev–Trinajstić information content (AvgIpc) is 2.73. The first-order valence-electron chi connectivity index (χ1n) is 8.24. The summed E-state index contributed by atoms with van der Waals surface area (Å²) in [4.78, 5) is 0. The Bertz CT molecular complexity index is 730. The number of methoxy groups -OCH3 is 3. The standard InChI is InChI=1S/C21H21ClO3Si/c1-23-16-4-10-19(11-5-16)26(22,20-12-6-17(24-2)7-13-20)21-14-8-18(25-3)9-15-21/h4-15H,1-3H3. The largest absolute Gasteiger partial charge is 0.497 e. The first kappa shape index (κ1) is 18.4. The smallest absolute Gasteiger partial charge is 0.247 e. The van der Waals surface area contributed by atoms with Crippen molar-refractivity contribution < 1.29 is 14.2 Å². The molecule has 0 spiro atoms. The van der Waals surface area contributed by atoms with E-state index in [0.717, 1.165) is 32.8 Å². The van der Waals surface area contributed by atoms with Crippen LogP contribution >= 0.6 is 11.1 Å².